The molecule has 0 saturated carbocycles. The minimum Gasteiger partial charge on any atom is -0.466 e. The van der Waals surface area contributed by atoms with Crippen LogP contribution in [0, 0.1) is 0 Å². The number of unbranched alkanes of at least 4 members (excludes halogenated alkanes) is 56. The average molecular weight is 1170 g/mol. The molecule has 0 aliphatic carbocycles. The summed E-state index contributed by atoms with van der Waals surface area (Å²) in [6.45, 7) is 4.92. The van der Waals surface area contributed by atoms with Crippen LogP contribution in [0.25, 0.3) is 0 Å². The van der Waals surface area contributed by atoms with Crippen LogP contribution in [-0.2, 0) is 14.3 Å². The zero-order valence-electron chi connectivity index (χ0n) is 56.2. The Morgan fingerprint density at radius 1 is 0.337 bits per heavy atom. The highest BCUT2D eigenvalue weighted by Crippen LogP contribution is 2.19. The second-order valence-corrected chi connectivity index (χ2v) is 26.0. The van der Waals surface area contributed by atoms with E-state index in [0.717, 1.165) is 51.4 Å². The molecule has 0 radical (unpaired) electrons. The molecule has 0 aromatic carbocycles. The third-order valence-electron chi connectivity index (χ3n) is 17.7. The molecule has 0 saturated heterocycles. The first kappa shape index (κ1) is 81.1. The van der Waals surface area contributed by atoms with E-state index in [2.05, 4.69) is 43.5 Å². The number of hydrogen-bond acceptors (Lipinski definition) is 5. The van der Waals surface area contributed by atoms with E-state index in [0.29, 0.717) is 19.4 Å². The number of hydrogen-bond donors (Lipinski definition) is 3. The van der Waals surface area contributed by atoms with Gasteiger partial charge < -0.3 is 20.3 Å². The number of carbonyl (C=O) groups is 2. The molecule has 83 heavy (non-hydrogen) atoms. The van der Waals surface area contributed by atoms with Gasteiger partial charge in [-0.05, 0) is 64.2 Å². The molecule has 0 bridgehead atoms. The van der Waals surface area contributed by atoms with Gasteiger partial charge >= 0.3 is 5.97 Å². The smallest absolute Gasteiger partial charge is 0.305 e. The van der Waals surface area contributed by atoms with Crippen molar-refractivity contribution in [3.8, 4) is 0 Å². The van der Waals surface area contributed by atoms with Gasteiger partial charge in [0.25, 0.3) is 0 Å². The fraction of sp³-hybridized carbons (Fsp3) is 0.896. The number of esters is 1. The number of amides is 1. The molecule has 0 fully saturated rings. The van der Waals surface area contributed by atoms with Crippen molar-refractivity contribution in [1.82, 2.24) is 5.32 Å². The summed E-state index contributed by atoms with van der Waals surface area (Å²) in [6, 6.07) is -0.628. The second-order valence-electron chi connectivity index (χ2n) is 26.0. The Kier molecular flexibility index (Phi) is 70.9. The van der Waals surface area contributed by atoms with Crippen LogP contribution >= 0.6 is 0 Å². The van der Waals surface area contributed by atoms with Gasteiger partial charge in [0.2, 0.25) is 5.91 Å². The maximum absolute atomic E-state index is 12.5. The van der Waals surface area contributed by atoms with Gasteiger partial charge in [-0.25, -0.2) is 0 Å². The number of ether oxygens (including phenoxy) is 1. The van der Waals surface area contributed by atoms with Crippen LogP contribution in [0.2, 0.25) is 0 Å². The lowest BCUT2D eigenvalue weighted by molar-refractivity contribution is -0.143. The van der Waals surface area contributed by atoms with Crippen molar-refractivity contribution >= 4 is 11.9 Å². The summed E-state index contributed by atoms with van der Waals surface area (Å²) in [6.07, 6.45) is 93.8. The van der Waals surface area contributed by atoms with Gasteiger partial charge in [0, 0.05) is 12.8 Å². The average Bonchev–Trinajstić information content (AvgIpc) is 3.49. The monoisotopic (exact) mass is 1170 g/mol. The normalized spacial score (nSPS) is 12.7. The minimum atomic E-state index is -0.845. The van der Waals surface area contributed by atoms with E-state index in [1.165, 1.54) is 340 Å². The number of aliphatic hydroxyl groups is 2. The molecule has 2 atom stereocenters. The van der Waals surface area contributed by atoms with Gasteiger partial charge in [-0.3, -0.25) is 9.59 Å². The van der Waals surface area contributed by atoms with Crippen LogP contribution < -0.4 is 5.32 Å². The lowest BCUT2D eigenvalue weighted by Gasteiger charge is -2.20. The number of aliphatic hydroxyl groups excluding tert-OH is 2. The maximum atomic E-state index is 12.5. The van der Waals surface area contributed by atoms with Crippen molar-refractivity contribution in [2.75, 3.05) is 13.2 Å². The zero-order valence-corrected chi connectivity index (χ0v) is 56.2. The summed E-state index contributed by atoms with van der Waals surface area (Å²) < 4.78 is 5.50. The van der Waals surface area contributed by atoms with Crippen LogP contribution in [0.15, 0.2) is 36.5 Å². The summed E-state index contributed by atoms with van der Waals surface area (Å²) >= 11 is 0. The van der Waals surface area contributed by atoms with Crippen LogP contribution in [0.5, 0.6) is 0 Å². The Bertz CT molecular complexity index is 1340. The van der Waals surface area contributed by atoms with Gasteiger partial charge in [-0.1, -0.05) is 378 Å². The topological polar surface area (TPSA) is 95.9 Å². The molecule has 6 heteroatoms. The van der Waals surface area contributed by atoms with Crippen molar-refractivity contribution in [3.05, 3.63) is 36.5 Å². The molecule has 0 aliphatic heterocycles. The van der Waals surface area contributed by atoms with Crippen LogP contribution in [0.3, 0.4) is 0 Å². The van der Waals surface area contributed by atoms with Crippen molar-refractivity contribution in [2.45, 2.75) is 431 Å². The second kappa shape index (κ2) is 72.6. The predicted octanol–water partition coefficient (Wildman–Crippen LogP) is 24.7. The molecule has 2 unspecified atom stereocenters. The summed E-state index contributed by atoms with van der Waals surface area (Å²) in [7, 11) is 0. The summed E-state index contributed by atoms with van der Waals surface area (Å²) in [5.41, 5.74) is 0. The number of allylic oxidation sites excluding steroid dienone is 5. The Labute approximate surface area is 519 Å². The first-order valence-corrected chi connectivity index (χ1v) is 37.8. The third-order valence-corrected chi connectivity index (χ3v) is 17.7. The van der Waals surface area contributed by atoms with Crippen LogP contribution in [0.4, 0.5) is 0 Å². The SMILES string of the molecule is CCCCC/C=C\C/C=C\CCCCCCCCCC(=O)OCCCCCCCCCCCCCCCCCCCCCCCCCCCCC(=O)NC(CO)C(O)/C=C/CCCCCCCCCCCCCCCCCCCCCCC. The highest BCUT2D eigenvalue weighted by molar-refractivity contribution is 5.76. The molecule has 0 rings (SSSR count). The van der Waals surface area contributed by atoms with Crippen molar-refractivity contribution < 1.29 is 24.5 Å². The van der Waals surface area contributed by atoms with Crippen molar-refractivity contribution in [3.63, 3.8) is 0 Å². The standard InChI is InChI=1S/C77H147NO5/c1-3-5-7-9-11-13-15-17-19-21-22-23-28-31-34-38-41-45-49-53-57-61-65-69-75(80)74(73-79)78-76(81)70-66-62-58-54-50-46-42-39-35-32-29-26-24-25-27-30-33-36-40-44-48-52-56-60-64-68-72-83-77(82)71-67-63-59-55-51-47-43-37-20-18-16-14-12-10-8-6-4-2/h12,14,18,20,65,69,74-75,79-80H,3-11,13,15-17,19,21-64,66-68,70-73H2,1-2H3,(H,78,81)/b14-12-,20-18-,69-65+. The Hall–Kier alpha value is -1.92. The number of nitrogens with one attached hydrogen (secondary N) is 1. The molecule has 1 amide bonds. The van der Waals surface area contributed by atoms with Crippen LogP contribution in [0.1, 0.15) is 418 Å². The molecule has 3 N–H and O–H groups in total. The fourth-order valence-electron chi connectivity index (χ4n) is 11.9. The first-order chi connectivity index (χ1) is 41.0. The largest absolute Gasteiger partial charge is 0.466 e. The Balaban J connectivity index is 3.38. The lowest BCUT2D eigenvalue weighted by Crippen LogP contribution is -2.45. The molecule has 0 aromatic heterocycles. The quantitative estimate of drug-likeness (QED) is 0.0320. The van der Waals surface area contributed by atoms with Crippen molar-refractivity contribution in [1.29, 1.82) is 0 Å². The lowest BCUT2D eigenvalue weighted by atomic mass is 10.0. The van der Waals surface area contributed by atoms with E-state index < -0.39 is 12.1 Å². The van der Waals surface area contributed by atoms with Crippen LogP contribution in [-0.4, -0.2) is 47.4 Å². The highest BCUT2D eigenvalue weighted by Gasteiger charge is 2.18. The Morgan fingerprint density at radius 3 is 0.940 bits per heavy atom. The van der Waals surface area contributed by atoms with Gasteiger partial charge in [0.05, 0.1) is 25.4 Å². The van der Waals surface area contributed by atoms with E-state index in [9.17, 15) is 19.8 Å². The number of rotatable bonds is 71. The van der Waals surface area contributed by atoms with Gasteiger partial charge in [-0.2, -0.15) is 0 Å². The van der Waals surface area contributed by atoms with E-state index in [1.54, 1.807) is 6.08 Å². The molecule has 490 valence electrons. The third kappa shape index (κ3) is 69.1. The van der Waals surface area contributed by atoms with E-state index in [4.69, 9.17) is 4.74 Å². The highest BCUT2D eigenvalue weighted by atomic mass is 16.5. The summed E-state index contributed by atoms with van der Waals surface area (Å²) in [5.74, 6) is -0.0515. The fourth-order valence-corrected chi connectivity index (χ4v) is 11.9. The summed E-state index contributed by atoms with van der Waals surface area (Å²) in [4.78, 5) is 24.6. The van der Waals surface area contributed by atoms with E-state index in [-0.39, 0.29) is 18.5 Å². The maximum Gasteiger partial charge on any atom is 0.305 e. The zero-order chi connectivity index (χ0) is 59.9. The predicted molar refractivity (Wildman–Crippen MR) is 366 cm³/mol. The van der Waals surface area contributed by atoms with E-state index in [1.807, 2.05) is 6.08 Å². The Morgan fingerprint density at radius 2 is 0.602 bits per heavy atom. The molecular formula is C77H147NO5. The molecule has 0 aromatic rings. The summed E-state index contributed by atoms with van der Waals surface area (Å²) in [5, 5.41) is 23.3. The van der Waals surface area contributed by atoms with Crippen molar-refractivity contribution in [2.24, 2.45) is 0 Å². The van der Waals surface area contributed by atoms with Gasteiger partial charge in [0.15, 0.2) is 0 Å². The molecule has 6 nitrogen and oxygen atoms in total. The minimum absolute atomic E-state index is 0.00982. The number of carbonyl (C=O) groups excluding carboxylic acids is 2. The van der Waals surface area contributed by atoms with E-state index >= 15 is 0 Å². The molecule has 0 spiro atoms. The molecular weight excluding hydrogens is 1020 g/mol. The van der Waals surface area contributed by atoms with Gasteiger partial charge in [0.1, 0.15) is 0 Å². The molecule has 0 aliphatic rings. The first-order valence-electron chi connectivity index (χ1n) is 37.8. The molecule has 0 heterocycles. The van der Waals surface area contributed by atoms with Gasteiger partial charge in [-0.15, -0.1) is 0 Å².